The van der Waals surface area contributed by atoms with Crippen LogP contribution >= 0.6 is 12.6 Å². The number of hydrogen-bond donors (Lipinski definition) is 3. The topological polar surface area (TPSA) is 91.2 Å². The molecule has 0 saturated carbocycles. The summed E-state index contributed by atoms with van der Waals surface area (Å²) >= 11 is 4.37. The zero-order valence-electron chi connectivity index (χ0n) is 16.0. The van der Waals surface area contributed by atoms with Crippen LogP contribution in [0.4, 0.5) is 5.69 Å². The number of ether oxygens (including phenoxy) is 1. The van der Waals surface area contributed by atoms with E-state index in [1.54, 1.807) is 0 Å². The SMILES string of the molecule is CN1CC/C(=N\NC(=O)CC(C)(C)S)c2ccc(OCCCC(=O)O)cc21. The largest absolute Gasteiger partial charge is 0.494 e. The molecule has 1 amide bonds. The van der Waals surface area contributed by atoms with Gasteiger partial charge in [0.2, 0.25) is 5.91 Å². The van der Waals surface area contributed by atoms with Crippen molar-refractivity contribution in [2.24, 2.45) is 5.10 Å². The Morgan fingerprint density at radius 3 is 2.81 bits per heavy atom. The average molecular weight is 394 g/mol. The Hall–Kier alpha value is -2.22. The van der Waals surface area contributed by atoms with E-state index in [9.17, 15) is 9.59 Å². The van der Waals surface area contributed by atoms with E-state index in [1.807, 2.05) is 39.1 Å². The number of fused-ring (bicyclic) bond motifs is 1. The molecule has 0 radical (unpaired) electrons. The van der Waals surface area contributed by atoms with Crippen LogP contribution in [0.15, 0.2) is 23.3 Å². The lowest BCUT2D eigenvalue weighted by Crippen LogP contribution is -2.31. The first kappa shape index (κ1) is 21.1. The maximum absolute atomic E-state index is 12.0. The third kappa shape index (κ3) is 6.78. The molecule has 2 N–H and O–H groups in total. The monoisotopic (exact) mass is 393 g/mol. The van der Waals surface area contributed by atoms with Crippen molar-refractivity contribution in [1.29, 1.82) is 0 Å². The number of aliphatic carboxylic acids is 1. The van der Waals surface area contributed by atoms with Gasteiger partial charge in [0.05, 0.1) is 12.3 Å². The fourth-order valence-corrected chi connectivity index (χ4v) is 2.93. The normalized spacial score (nSPS) is 15.4. The minimum atomic E-state index is -0.826. The molecule has 148 valence electrons. The minimum absolute atomic E-state index is 0.0877. The Morgan fingerprint density at radius 2 is 2.15 bits per heavy atom. The maximum atomic E-state index is 12.0. The number of carbonyl (C=O) groups is 2. The maximum Gasteiger partial charge on any atom is 0.303 e. The van der Waals surface area contributed by atoms with E-state index in [0.717, 1.165) is 29.9 Å². The molecule has 0 saturated heterocycles. The smallest absolute Gasteiger partial charge is 0.303 e. The molecule has 7 nitrogen and oxygen atoms in total. The van der Waals surface area contributed by atoms with Crippen molar-refractivity contribution in [2.75, 3.05) is 25.1 Å². The van der Waals surface area contributed by atoms with Gasteiger partial charge in [-0.15, -0.1) is 0 Å². The predicted octanol–water partition coefficient (Wildman–Crippen LogP) is 2.69. The number of nitrogens with one attached hydrogen (secondary N) is 1. The fourth-order valence-electron chi connectivity index (χ4n) is 2.78. The van der Waals surface area contributed by atoms with Gasteiger partial charge in [0.15, 0.2) is 0 Å². The van der Waals surface area contributed by atoms with E-state index in [1.165, 1.54) is 0 Å². The number of nitrogens with zero attached hydrogens (tertiary/aromatic N) is 2. The van der Waals surface area contributed by atoms with Crippen molar-refractivity contribution in [1.82, 2.24) is 5.43 Å². The van der Waals surface area contributed by atoms with Crippen LogP contribution in [-0.2, 0) is 9.59 Å². The van der Waals surface area contributed by atoms with Crippen molar-refractivity contribution in [2.45, 2.75) is 44.3 Å². The van der Waals surface area contributed by atoms with Gasteiger partial charge in [-0.25, -0.2) is 5.43 Å². The van der Waals surface area contributed by atoms with Crippen LogP contribution in [0.1, 0.15) is 45.1 Å². The van der Waals surface area contributed by atoms with Crippen molar-refractivity contribution in [3.63, 3.8) is 0 Å². The molecule has 27 heavy (non-hydrogen) atoms. The number of anilines is 1. The highest BCUT2D eigenvalue weighted by atomic mass is 32.1. The van der Waals surface area contributed by atoms with Gasteiger partial charge >= 0.3 is 5.97 Å². The van der Waals surface area contributed by atoms with Crippen molar-refractivity contribution in [3.05, 3.63) is 23.8 Å². The summed E-state index contributed by atoms with van der Waals surface area (Å²) in [6.07, 6.45) is 1.56. The highest BCUT2D eigenvalue weighted by Crippen LogP contribution is 2.30. The Bertz CT molecular complexity index is 728. The van der Waals surface area contributed by atoms with Crippen LogP contribution < -0.4 is 15.1 Å². The number of hydrogen-bond acceptors (Lipinski definition) is 6. The summed E-state index contributed by atoms with van der Waals surface area (Å²) in [5.41, 5.74) is 5.37. The first-order valence-corrected chi connectivity index (χ1v) is 9.38. The Kier molecular flexibility index (Phi) is 7.12. The molecule has 0 bridgehead atoms. The standard InChI is InChI=1S/C19H27N3O4S/c1-19(2,27)12-17(23)21-20-15-8-9-22(3)16-11-13(6-7-14(15)16)26-10-4-5-18(24)25/h6-7,11,27H,4-5,8-10,12H2,1-3H3,(H,21,23)(H,24,25)/b20-15+. The summed E-state index contributed by atoms with van der Waals surface area (Å²) in [6.45, 7) is 4.89. The molecule has 0 fully saturated rings. The summed E-state index contributed by atoms with van der Waals surface area (Å²) in [5, 5.41) is 13.0. The predicted molar refractivity (Wildman–Crippen MR) is 109 cm³/mol. The first-order chi connectivity index (χ1) is 12.7. The van der Waals surface area contributed by atoms with Gasteiger partial charge in [0.1, 0.15) is 5.75 Å². The third-order valence-electron chi connectivity index (χ3n) is 4.09. The highest BCUT2D eigenvalue weighted by molar-refractivity contribution is 7.81. The van der Waals surface area contributed by atoms with Gasteiger partial charge < -0.3 is 14.7 Å². The van der Waals surface area contributed by atoms with E-state index in [0.29, 0.717) is 18.8 Å². The Morgan fingerprint density at radius 1 is 1.41 bits per heavy atom. The van der Waals surface area contributed by atoms with E-state index in [2.05, 4.69) is 28.1 Å². The molecule has 1 aliphatic heterocycles. The van der Waals surface area contributed by atoms with Gasteiger partial charge in [0.25, 0.3) is 0 Å². The van der Waals surface area contributed by atoms with Crippen molar-refractivity contribution in [3.8, 4) is 5.75 Å². The summed E-state index contributed by atoms with van der Waals surface area (Å²) in [6, 6.07) is 5.68. The van der Waals surface area contributed by atoms with Gasteiger partial charge in [-0.05, 0) is 18.6 Å². The average Bonchev–Trinajstić information content (AvgIpc) is 2.57. The lowest BCUT2D eigenvalue weighted by molar-refractivity contribution is -0.137. The molecule has 1 aromatic rings. The van der Waals surface area contributed by atoms with Crippen molar-refractivity contribution < 1.29 is 19.4 Å². The quantitative estimate of drug-likeness (QED) is 0.359. The number of carbonyl (C=O) groups excluding carboxylic acids is 1. The molecule has 1 heterocycles. The second-order valence-corrected chi connectivity index (χ2v) is 8.49. The molecule has 0 spiro atoms. The highest BCUT2D eigenvalue weighted by Gasteiger charge is 2.21. The van der Waals surface area contributed by atoms with E-state index in [-0.39, 0.29) is 23.5 Å². The summed E-state index contributed by atoms with van der Waals surface area (Å²) in [4.78, 5) is 24.7. The van der Waals surface area contributed by atoms with Crippen LogP contribution in [0.5, 0.6) is 5.75 Å². The molecule has 1 aromatic carbocycles. The second kappa shape index (κ2) is 9.12. The lowest BCUT2D eigenvalue weighted by atomic mass is 10.00. The van der Waals surface area contributed by atoms with Crippen LogP contribution in [0.2, 0.25) is 0 Å². The summed E-state index contributed by atoms with van der Waals surface area (Å²) in [5.74, 6) is -0.303. The molecule has 8 heteroatoms. The molecule has 1 aliphatic rings. The first-order valence-electron chi connectivity index (χ1n) is 8.93. The van der Waals surface area contributed by atoms with Crippen LogP contribution in [0, 0.1) is 0 Å². The number of benzene rings is 1. The van der Waals surface area contributed by atoms with Crippen LogP contribution in [0.25, 0.3) is 0 Å². The molecular weight excluding hydrogens is 366 g/mol. The summed E-state index contributed by atoms with van der Waals surface area (Å²) < 4.78 is 5.26. The second-order valence-electron chi connectivity index (χ2n) is 7.28. The Labute approximate surface area is 165 Å². The zero-order chi connectivity index (χ0) is 20.0. The van der Waals surface area contributed by atoms with E-state index in [4.69, 9.17) is 9.84 Å². The molecular formula is C19H27N3O4S. The van der Waals surface area contributed by atoms with Crippen LogP contribution in [0.3, 0.4) is 0 Å². The molecule has 2 rings (SSSR count). The zero-order valence-corrected chi connectivity index (χ0v) is 16.9. The summed E-state index contributed by atoms with van der Waals surface area (Å²) in [7, 11) is 1.99. The third-order valence-corrected chi connectivity index (χ3v) is 4.25. The molecule has 0 aromatic heterocycles. The fraction of sp³-hybridized carbons (Fsp3) is 0.526. The van der Waals surface area contributed by atoms with Crippen LogP contribution in [-0.4, -0.2) is 47.6 Å². The number of carboxylic acid groups (broad SMARTS) is 1. The minimum Gasteiger partial charge on any atom is -0.494 e. The van der Waals surface area contributed by atoms with Crippen molar-refractivity contribution >= 4 is 35.9 Å². The number of rotatable bonds is 8. The van der Waals surface area contributed by atoms with Gasteiger partial charge in [-0.3, -0.25) is 9.59 Å². The number of thiol groups is 1. The lowest BCUT2D eigenvalue weighted by Gasteiger charge is -2.29. The molecule has 0 atom stereocenters. The van der Waals surface area contributed by atoms with Gasteiger partial charge in [-0.2, -0.15) is 17.7 Å². The molecule has 0 aliphatic carbocycles. The Balaban J connectivity index is 2.07. The van der Waals surface area contributed by atoms with E-state index < -0.39 is 5.97 Å². The van der Waals surface area contributed by atoms with Gasteiger partial charge in [0, 0.05) is 54.9 Å². The molecule has 0 unspecified atom stereocenters. The number of carboxylic acids is 1. The number of amides is 1. The van der Waals surface area contributed by atoms with Gasteiger partial charge in [-0.1, -0.05) is 13.8 Å². The number of hydrazone groups is 1. The van der Waals surface area contributed by atoms with E-state index >= 15 is 0 Å².